The number of hydrogen-bond donors (Lipinski definition) is 0. The molecule has 1 fully saturated rings. The van der Waals surface area contributed by atoms with E-state index in [-0.39, 0.29) is 6.29 Å². The molecule has 1 aliphatic heterocycles. The van der Waals surface area contributed by atoms with Crippen molar-refractivity contribution < 1.29 is 14.2 Å². The van der Waals surface area contributed by atoms with Gasteiger partial charge in [0.15, 0.2) is 6.29 Å². The molecule has 35 heavy (non-hydrogen) atoms. The first-order valence-electron chi connectivity index (χ1n) is 14.1. The van der Waals surface area contributed by atoms with Gasteiger partial charge in [-0.3, -0.25) is 4.98 Å². The summed E-state index contributed by atoms with van der Waals surface area (Å²) in [4.78, 5) is 4.67. The number of hydrogen-bond acceptors (Lipinski definition) is 4. The molecule has 3 rings (SSSR count). The van der Waals surface area contributed by atoms with E-state index in [9.17, 15) is 0 Å². The Labute approximate surface area is 213 Å². The van der Waals surface area contributed by atoms with E-state index >= 15 is 0 Å². The highest BCUT2D eigenvalue weighted by molar-refractivity contribution is 5.60. The quantitative estimate of drug-likeness (QED) is 0.225. The summed E-state index contributed by atoms with van der Waals surface area (Å²) in [6.07, 6.45) is 15.7. The Bertz CT molecular complexity index is 797. The molecular formula is C31H47NO3. The Hall–Kier alpha value is -1.91. The van der Waals surface area contributed by atoms with Crippen LogP contribution in [0.2, 0.25) is 0 Å². The molecule has 0 unspecified atom stereocenters. The van der Waals surface area contributed by atoms with Gasteiger partial charge in [-0.05, 0) is 55.5 Å². The van der Waals surface area contributed by atoms with Crippen LogP contribution >= 0.6 is 0 Å². The van der Waals surface area contributed by atoms with Crippen LogP contribution in [0.5, 0.6) is 5.75 Å². The average molecular weight is 482 g/mol. The highest BCUT2D eigenvalue weighted by Crippen LogP contribution is 2.28. The first kappa shape index (κ1) is 27.7. The Balaban J connectivity index is 1.37. The number of ether oxygens (including phenoxy) is 3. The number of unbranched alkanes of at least 4 members (excludes halogenated alkanes) is 6. The van der Waals surface area contributed by atoms with Crippen LogP contribution in [-0.2, 0) is 9.47 Å². The fraction of sp³-hybridized carbons (Fsp3) is 0.645. The molecule has 0 bridgehead atoms. The van der Waals surface area contributed by atoms with E-state index in [0.29, 0.717) is 5.92 Å². The van der Waals surface area contributed by atoms with Gasteiger partial charge in [-0.15, -0.1) is 0 Å². The third kappa shape index (κ3) is 9.93. The molecule has 1 aliphatic rings. The minimum atomic E-state index is -0.298. The molecule has 2 heterocycles. The number of benzene rings is 1. The summed E-state index contributed by atoms with van der Waals surface area (Å²) in [7, 11) is 0. The van der Waals surface area contributed by atoms with Crippen LogP contribution in [0.25, 0.3) is 11.3 Å². The van der Waals surface area contributed by atoms with Crippen molar-refractivity contribution in [1.82, 2.24) is 4.98 Å². The van der Waals surface area contributed by atoms with Crippen LogP contribution in [0.1, 0.15) is 103 Å². The molecule has 194 valence electrons. The van der Waals surface area contributed by atoms with Gasteiger partial charge in [-0.25, -0.2) is 0 Å². The molecule has 1 aromatic carbocycles. The monoisotopic (exact) mass is 481 g/mol. The van der Waals surface area contributed by atoms with Gasteiger partial charge in [0.2, 0.25) is 0 Å². The lowest BCUT2D eigenvalue weighted by Crippen LogP contribution is -2.27. The fourth-order valence-corrected chi connectivity index (χ4v) is 4.54. The first-order chi connectivity index (χ1) is 17.2. The zero-order valence-electron chi connectivity index (χ0n) is 22.3. The summed E-state index contributed by atoms with van der Waals surface area (Å²) in [5.74, 6) is 2.26. The molecule has 0 N–H and O–H groups in total. The van der Waals surface area contributed by atoms with Crippen molar-refractivity contribution in [3.8, 4) is 17.0 Å². The number of nitrogens with zero attached hydrogens (tertiary/aromatic N) is 1. The summed E-state index contributed by atoms with van der Waals surface area (Å²) in [6, 6.07) is 12.4. The van der Waals surface area contributed by atoms with Gasteiger partial charge in [0.05, 0.1) is 25.5 Å². The fourth-order valence-electron chi connectivity index (χ4n) is 4.54. The maximum atomic E-state index is 6.03. The summed E-state index contributed by atoms with van der Waals surface area (Å²) in [5.41, 5.74) is 3.03. The first-order valence-corrected chi connectivity index (χ1v) is 14.1. The molecule has 0 radical (unpaired) electrons. The van der Waals surface area contributed by atoms with Gasteiger partial charge in [-0.2, -0.15) is 0 Å². The lowest BCUT2D eigenvalue weighted by Gasteiger charge is -2.29. The molecule has 1 atom stereocenters. The number of rotatable bonds is 16. The summed E-state index contributed by atoms with van der Waals surface area (Å²) >= 11 is 0. The highest BCUT2D eigenvalue weighted by Gasteiger charge is 2.23. The van der Waals surface area contributed by atoms with Gasteiger partial charge in [0.1, 0.15) is 5.75 Å². The Morgan fingerprint density at radius 2 is 1.63 bits per heavy atom. The molecule has 2 aromatic rings. The van der Waals surface area contributed by atoms with Crippen molar-refractivity contribution in [2.24, 2.45) is 11.8 Å². The SMILES string of the molecule is CCCCCCCCC1COC(c2ccc(-c3ccc(OCCCC[C@@H](C)CC)cc3)nc2)OC1. The Kier molecular flexibility index (Phi) is 12.6. The largest absolute Gasteiger partial charge is 0.494 e. The summed E-state index contributed by atoms with van der Waals surface area (Å²) in [6.45, 7) is 9.18. The second kappa shape index (κ2) is 16.0. The molecule has 4 nitrogen and oxygen atoms in total. The molecule has 1 aromatic heterocycles. The van der Waals surface area contributed by atoms with Crippen LogP contribution in [0.3, 0.4) is 0 Å². The van der Waals surface area contributed by atoms with Crippen LogP contribution in [0.15, 0.2) is 42.6 Å². The maximum Gasteiger partial charge on any atom is 0.185 e. The number of aromatic nitrogens is 1. The van der Waals surface area contributed by atoms with Crippen molar-refractivity contribution in [3.05, 3.63) is 48.2 Å². The smallest absolute Gasteiger partial charge is 0.185 e. The zero-order chi connectivity index (χ0) is 24.7. The topological polar surface area (TPSA) is 40.6 Å². The van der Waals surface area contributed by atoms with Gasteiger partial charge in [-0.1, -0.05) is 78.2 Å². The van der Waals surface area contributed by atoms with Crippen LogP contribution in [-0.4, -0.2) is 24.8 Å². The van der Waals surface area contributed by atoms with Crippen molar-refractivity contribution in [2.75, 3.05) is 19.8 Å². The lowest BCUT2D eigenvalue weighted by molar-refractivity contribution is -0.206. The summed E-state index contributed by atoms with van der Waals surface area (Å²) < 4.78 is 18.0. The van der Waals surface area contributed by atoms with Crippen molar-refractivity contribution >= 4 is 0 Å². The van der Waals surface area contributed by atoms with E-state index in [0.717, 1.165) is 54.7 Å². The van der Waals surface area contributed by atoms with Gasteiger partial charge < -0.3 is 14.2 Å². The van der Waals surface area contributed by atoms with E-state index in [1.165, 1.54) is 64.2 Å². The lowest BCUT2D eigenvalue weighted by atomic mass is 10.0. The van der Waals surface area contributed by atoms with E-state index in [4.69, 9.17) is 14.2 Å². The third-order valence-electron chi connectivity index (χ3n) is 7.20. The molecular weight excluding hydrogens is 434 g/mol. The second-order valence-corrected chi connectivity index (χ2v) is 10.3. The summed E-state index contributed by atoms with van der Waals surface area (Å²) in [5, 5.41) is 0. The van der Waals surface area contributed by atoms with Gasteiger partial charge in [0, 0.05) is 23.2 Å². The van der Waals surface area contributed by atoms with Crippen molar-refractivity contribution in [1.29, 1.82) is 0 Å². The van der Waals surface area contributed by atoms with Gasteiger partial charge >= 0.3 is 0 Å². The molecule has 0 spiro atoms. The zero-order valence-corrected chi connectivity index (χ0v) is 22.3. The molecule has 0 aliphatic carbocycles. The second-order valence-electron chi connectivity index (χ2n) is 10.3. The maximum absolute atomic E-state index is 6.03. The van der Waals surface area contributed by atoms with E-state index in [1.807, 2.05) is 18.3 Å². The number of pyridine rings is 1. The van der Waals surface area contributed by atoms with Crippen LogP contribution < -0.4 is 4.74 Å². The Morgan fingerprint density at radius 3 is 2.31 bits per heavy atom. The average Bonchev–Trinajstić information content (AvgIpc) is 2.91. The van der Waals surface area contributed by atoms with E-state index < -0.39 is 0 Å². The van der Waals surface area contributed by atoms with E-state index in [1.54, 1.807) is 0 Å². The van der Waals surface area contributed by atoms with Crippen molar-refractivity contribution in [3.63, 3.8) is 0 Å². The normalized spacial score (nSPS) is 18.9. The molecule has 0 amide bonds. The molecule has 0 saturated carbocycles. The van der Waals surface area contributed by atoms with E-state index in [2.05, 4.69) is 50.0 Å². The Morgan fingerprint density at radius 1 is 0.886 bits per heavy atom. The molecule has 4 heteroatoms. The van der Waals surface area contributed by atoms with Crippen LogP contribution in [0, 0.1) is 11.8 Å². The predicted molar refractivity (Wildman–Crippen MR) is 145 cm³/mol. The van der Waals surface area contributed by atoms with Crippen molar-refractivity contribution in [2.45, 2.75) is 97.7 Å². The third-order valence-corrected chi connectivity index (χ3v) is 7.20. The highest BCUT2D eigenvalue weighted by atomic mass is 16.7. The minimum Gasteiger partial charge on any atom is -0.494 e. The van der Waals surface area contributed by atoms with Gasteiger partial charge in [0.25, 0.3) is 0 Å². The standard InChI is InChI=1S/C31H47NO3/c1-4-6-7-8-9-10-14-26-23-34-31(35-24-26)28-17-20-30(32-22-28)27-15-18-29(19-16-27)33-21-12-11-13-25(3)5-2/h15-20,22,25-26,31H,4-14,21,23-24H2,1-3H3/t25-,26?,31?/m0/s1. The predicted octanol–water partition coefficient (Wildman–Crippen LogP) is 8.76. The molecule has 1 saturated heterocycles. The van der Waals surface area contributed by atoms with Crippen LogP contribution in [0.4, 0.5) is 0 Å². The minimum absolute atomic E-state index is 0.298.